The molecule has 174 valence electrons. The van der Waals surface area contributed by atoms with E-state index >= 15 is 0 Å². The fourth-order valence-corrected chi connectivity index (χ4v) is 5.45. The van der Waals surface area contributed by atoms with Crippen molar-refractivity contribution in [3.8, 4) is 0 Å². The first-order chi connectivity index (χ1) is 16.5. The summed E-state index contributed by atoms with van der Waals surface area (Å²) >= 11 is 13.5. The van der Waals surface area contributed by atoms with Crippen molar-refractivity contribution in [2.45, 2.75) is 30.5 Å². The molecule has 2 aliphatic rings. The number of aryl methyl sites for hydroxylation is 1. The Morgan fingerprint density at radius 1 is 1.12 bits per heavy atom. The molecule has 1 saturated carbocycles. The Balaban J connectivity index is 1.47. The molecule has 3 aromatic rings. The van der Waals surface area contributed by atoms with Gasteiger partial charge in [0, 0.05) is 23.0 Å². The lowest BCUT2D eigenvalue weighted by Crippen LogP contribution is -2.32. The summed E-state index contributed by atoms with van der Waals surface area (Å²) < 4.78 is 1.55. The number of carbonyl (C=O) groups is 1. The van der Waals surface area contributed by atoms with Crippen LogP contribution in [0, 0.1) is 5.92 Å². The number of allylic oxidation sites excluding steroid dienone is 1. The first-order valence-corrected chi connectivity index (χ1v) is 12.7. The van der Waals surface area contributed by atoms with Gasteiger partial charge in [0.2, 0.25) is 5.16 Å². The van der Waals surface area contributed by atoms with Gasteiger partial charge in [0.1, 0.15) is 0 Å². The molecule has 1 amide bonds. The molecule has 2 heterocycles. The van der Waals surface area contributed by atoms with Crippen LogP contribution < -0.4 is 0 Å². The van der Waals surface area contributed by atoms with Gasteiger partial charge in [-0.25, -0.2) is 9.69 Å². The highest BCUT2D eigenvalue weighted by Crippen LogP contribution is 2.44. The minimum Gasteiger partial charge on any atom is -0.272 e. The minimum atomic E-state index is -0.174. The Kier molecular flexibility index (Phi) is 6.72. The largest absolute Gasteiger partial charge is 0.272 e. The highest BCUT2D eigenvalue weighted by atomic mass is 35.5. The second kappa shape index (κ2) is 9.90. The van der Waals surface area contributed by atoms with E-state index in [0.29, 0.717) is 15.2 Å². The van der Waals surface area contributed by atoms with E-state index in [-0.39, 0.29) is 23.6 Å². The average molecular weight is 513 g/mol. The maximum atomic E-state index is 13.4. The number of thioether (sulfide) groups is 1. The number of tetrazole rings is 1. The van der Waals surface area contributed by atoms with Crippen LogP contribution in [-0.4, -0.2) is 42.6 Å². The first-order valence-electron chi connectivity index (χ1n) is 11.0. The molecule has 1 aromatic heterocycles. The molecule has 1 fully saturated rings. The quantitative estimate of drug-likeness (QED) is 0.425. The standard InChI is InChI=1S/C24H22Cl2N6OS/c1-31-24(27-29-30-31)34-14-21(33)32-23(16-7-11-19(26)12-8-16)20-4-2-3-17(22(20)28-32)13-15-5-9-18(25)10-6-15/h5-13,20,23H,2-4,14H2,1H3/b17-13-. The molecule has 1 aliphatic carbocycles. The second-order valence-electron chi connectivity index (χ2n) is 8.31. The lowest BCUT2D eigenvalue weighted by Gasteiger charge is -2.29. The van der Waals surface area contributed by atoms with Crippen LogP contribution in [-0.2, 0) is 11.8 Å². The number of halogens is 2. The molecule has 2 unspecified atom stereocenters. The molecule has 7 nitrogen and oxygen atoms in total. The molecular formula is C24H22Cl2N6OS. The van der Waals surface area contributed by atoms with Gasteiger partial charge in [-0.3, -0.25) is 4.79 Å². The third-order valence-electron chi connectivity index (χ3n) is 6.09. The Morgan fingerprint density at radius 2 is 1.82 bits per heavy atom. The number of aromatic nitrogens is 4. The smallest absolute Gasteiger partial charge is 0.253 e. The molecule has 0 saturated heterocycles. The normalized spacial score (nSPS) is 21.0. The summed E-state index contributed by atoms with van der Waals surface area (Å²) in [4.78, 5) is 13.4. The number of benzene rings is 2. The van der Waals surface area contributed by atoms with E-state index < -0.39 is 0 Å². The van der Waals surface area contributed by atoms with Gasteiger partial charge in [-0.1, -0.05) is 59.2 Å². The third-order valence-corrected chi connectivity index (χ3v) is 7.58. The number of hydrazone groups is 1. The van der Waals surface area contributed by atoms with E-state index in [2.05, 4.69) is 21.6 Å². The van der Waals surface area contributed by atoms with Gasteiger partial charge >= 0.3 is 0 Å². The fourth-order valence-electron chi connectivity index (χ4n) is 4.50. The van der Waals surface area contributed by atoms with E-state index in [4.69, 9.17) is 28.3 Å². The third kappa shape index (κ3) is 4.76. The molecule has 34 heavy (non-hydrogen) atoms. The molecule has 5 rings (SSSR count). The van der Waals surface area contributed by atoms with E-state index in [1.807, 2.05) is 48.5 Å². The van der Waals surface area contributed by atoms with Crippen molar-refractivity contribution in [1.29, 1.82) is 0 Å². The predicted molar refractivity (Wildman–Crippen MR) is 135 cm³/mol. The highest BCUT2D eigenvalue weighted by Gasteiger charge is 2.43. The summed E-state index contributed by atoms with van der Waals surface area (Å²) in [7, 11) is 1.75. The van der Waals surface area contributed by atoms with Crippen LogP contribution in [0.15, 0.2) is 64.4 Å². The zero-order valence-electron chi connectivity index (χ0n) is 18.4. The van der Waals surface area contributed by atoms with E-state index in [0.717, 1.165) is 41.7 Å². The molecule has 0 N–H and O–H groups in total. The molecular weight excluding hydrogens is 491 g/mol. The number of carbonyl (C=O) groups excluding carboxylic acids is 1. The van der Waals surface area contributed by atoms with Crippen molar-refractivity contribution in [2.24, 2.45) is 18.1 Å². The number of hydrogen-bond donors (Lipinski definition) is 0. The van der Waals surface area contributed by atoms with Gasteiger partial charge in [-0.15, -0.1) is 5.10 Å². The van der Waals surface area contributed by atoms with Gasteiger partial charge in [0.15, 0.2) is 0 Å². The maximum absolute atomic E-state index is 13.4. The monoisotopic (exact) mass is 512 g/mol. The number of rotatable bonds is 5. The lowest BCUT2D eigenvalue weighted by atomic mass is 9.77. The van der Waals surface area contributed by atoms with Gasteiger partial charge in [-0.2, -0.15) is 5.10 Å². The van der Waals surface area contributed by atoms with Crippen molar-refractivity contribution in [1.82, 2.24) is 25.2 Å². The second-order valence-corrected chi connectivity index (χ2v) is 10.1. The lowest BCUT2D eigenvalue weighted by molar-refractivity contribution is -0.130. The summed E-state index contributed by atoms with van der Waals surface area (Å²) in [5, 5.41) is 20.0. The number of hydrogen-bond acceptors (Lipinski definition) is 6. The van der Waals surface area contributed by atoms with Gasteiger partial charge in [0.05, 0.1) is 17.5 Å². The van der Waals surface area contributed by atoms with Crippen LogP contribution in [0.5, 0.6) is 0 Å². The fraction of sp³-hybridized carbons (Fsp3) is 0.292. The summed E-state index contributed by atoms with van der Waals surface area (Å²) in [6.07, 6.45) is 5.09. The van der Waals surface area contributed by atoms with Crippen molar-refractivity contribution < 1.29 is 4.79 Å². The predicted octanol–water partition coefficient (Wildman–Crippen LogP) is 5.43. The number of nitrogens with zero attached hydrogens (tertiary/aromatic N) is 6. The topological polar surface area (TPSA) is 76.3 Å². The van der Waals surface area contributed by atoms with Crippen LogP contribution in [0.2, 0.25) is 10.0 Å². The molecule has 1 aliphatic heterocycles. The van der Waals surface area contributed by atoms with Crippen molar-refractivity contribution >= 4 is 52.7 Å². The van der Waals surface area contributed by atoms with E-state index in [1.165, 1.54) is 11.8 Å². The minimum absolute atomic E-state index is 0.0827. The van der Waals surface area contributed by atoms with Crippen LogP contribution in [0.1, 0.15) is 36.4 Å². The van der Waals surface area contributed by atoms with Crippen LogP contribution >= 0.6 is 35.0 Å². The molecule has 0 bridgehead atoms. The number of amides is 1. The summed E-state index contributed by atoms with van der Waals surface area (Å²) in [5.41, 5.74) is 4.25. The maximum Gasteiger partial charge on any atom is 0.253 e. The average Bonchev–Trinajstić information content (AvgIpc) is 3.43. The van der Waals surface area contributed by atoms with Gasteiger partial charge in [0.25, 0.3) is 5.91 Å². The molecule has 0 spiro atoms. The van der Waals surface area contributed by atoms with Crippen LogP contribution in [0.3, 0.4) is 0 Å². The van der Waals surface area contributed by atoms with Crippen LogP contribution in [0.25, 0.3) is 6.08 Å². The van der Waals surface area contributed by atoms with Gasteiger partial charge < -0.3 is 0 Å². The molecule has 10 heteroatoms. The Hall–Kier alpha value is -2.68. The SMILES string of the molecule is Cn1nnnc1SCC(=O)N1N=C2/C(=C\c3ccc(Cl)cc3)CCCC2C1c1ccc(Cl)cc1. The molecule has 0 radical (unpaired) electrons. The zero-order chi connectivity index (χ0) is 23.7. The van der Waals surface area contributed by atoms with Crippen molar-refractivity contribution in [2.75, 3.05) is 5.75 Å². The number of fused-ring (bicyclic) bond motifs is 1. The Morgan fingerprint density at radius 3 is 2.50 bits per heavy atom. The Labute approximate surface area is 211 Å². The molecule has 2 aromatic carbocycles. The van der Waals surface area contributed by atoms with Crippen molar-refractivity contribution in [3.63, 3.8) is 0 Å². The summed E-state index contributed by atoms with van der Waals surface area (Å²) in [5.74, 6) is 0.234. The summed E-state index contributed by atoms with van der Waals surface area (Å²) in [6.45, 7) is 0. The first kappa shape index (κ1) is 23.1. The van der Waals surface area contributed by atoms with E-state index in [9.17, 15) is 4.79 Å². The summed E-state index contributed by atoms with van der Waals surface area (Å²) in [6, 6.07) is 15.3. The Bertz CT molecular complexity index is 1260. The van der Waals surface area contributed by atoms with Crippen LogP contribution in [0.4, 0.5) is 0 Å². The molecule has 2 atom stereocenters. The highest BCUT2D eigenvalue weighted by molar-refractivity contribution is 7.99. The van der Waals surface area contributed by atoms with E-state index in [1.54, 1.807) is 16.7 Å². The zero-order valence-corrected chi connectivity index (χ0v) is 20.8. The van der Waals surface area contributed by atoms with Crippen molar-refractivity contribution in [3.05, 3.63) is 75.3 Å². The van der Waals surface area contributed by atoms with Gasteiger partial charge in [-0.05, 0) is 76.7 Å².